The van der Waals surface area contributed by atoms with Crippen LogP contribution in [0.25, 0.3) is 0 Å². The van der Waals surface area contributed by atoms with E-state index in [0.717, 1.165) is 29.8 Å². The summed E-state index contributed by atoms with van der Waals surface area (Å²) in [5, 5.41) is 34.3. The van der Waals surface area contributed by atoms with Crippen LogP contribution < -0.4 is 5.73 Å². The van der Waals surface area contributed by atoms with Gasteiger partial charge in [-0.2, -0.15) is 27.0 Å². The van der Waals surface area contributed by atoms with E-state index >= 15 is 0 Å². The fraction of sp³-hybridized carbons (Fsp3) is 0.774. The lowest BCUT2D eigenvalue weighted by Gasteiger charge is -2.35. The molecule has 2 saturated heterocycles. The first-order chi connectivity index (χ1) is 19.4. The number of nitrogens with zero attached hydrogens (tertiary/aromatic N) is 3. The third-order valence-electron chi connectivity index (χ3n) is 8.48. The number of ether oxygens (including phenoxy) is 3. The normalized spacial score (nSPS) is 30.5. The van der Waals surface area contributed by atoms with Crippen LogP contribution in [-0.4, -0.2) is 107 Å². The van der Waals surface area contributed by atoms with Gasteiger partial charge in [-0.15, -0.1) is 0 Å². The average molecular weight is 627 g/mol. The average Bonchev–Trinajstić information content (AvgIpc) is 3.80. The van der Waals surface area contributed by atoms with Gasteiger partial charge in [0.25, 0.3) is 0 Å². The molecule has 246 valence electrons. The van der Waals surface area contributed by atoms with Crippen molar-refractivity contribution in [1.82, 2.24) is 15.2 Å². The third-order valence-corrected chi connectivity index (χ3v) is 9.42. The maximum Gasteiger partial charge on any atom is 0.246 e. The van der Waals surface area contributed by atoms with E-state index in [1.54, 1.807) is 19.9 Å². The fourth-order valence-corrected chi connectivity index (χ4v) is 6.09. The Kier molecular flexibility index (Phi) is 9.95. The second-order valence-corrected chi connectivity index (χ2v) is 16.4. The van der Waals surface area contributed by atoms with E-state index < -0.39 is 28.1 Å². The Morgan fingerprint density at radius 2 is 1.16 bits per heavy atom. The van der Waals surface area contributed by atoms with Gasteiger partial charge in [-0.1, -0.05) is 6.08 Å². The lowest BCUT2D eigenvalue weighted by molar-refractivity contribution is -0.192. The van der Waals surface area contributed by atoms with Crippen molar-refractivity contribution in [3.63, 3.8) is 0 Å². The topological polar surface area (TPSA) is 144 Å². The smallest absolute Gasteiger partial charge is 0.246 e. The molecular formula is C31H54N4O7S. The second-order valence-electron chi connectivity index (χ2n) is 15.0. The lowest BCUT2D eigenvalue weighted by atomic mass is 9.96. The monoisotopic (exact) mass is 626 g/mol. The molecule has 5 heterocycles. The van der Waals surface area contributed by atoms with Crippen molar-refractivity contribution in [2.45, 2.75) is 128 Å². The number of amides is 1. The summed E-state index contributed by atoms with van der Waals surface area (Å²) in [6, 6.07) is 0. The number of nitrogens with two attached hydrogens (primary N) is 1. The molecule has 5 aliphatic rings. The Labute approximate surface area is 261 Å². The van der Waals surface area contributed by atoms with E-state index in [1.807, 2.05) is 93.2 Å². The zero-order chi connectivity index (χ0) is 33.0. The van der Waals surface area contributed by atoms with Gasteiger partial charge in [-0.3, -0.25) is 4.79 Å². The van der Waals surface area contributed by atoms with Crippen molar-refractivity contribution in [2.24, 2.45) is 5.73 Å². The predicted molar refractivity (Wildman–Crippen MR) is 167 cm³/mol. The summed E-state index contributed by atoms with van der Waals surface area (Å²) in [4.78, 5) is 11.1. The molecule has 2 atom stereocenters. The molecule has 5 N–H and O–H groups in total. The standard InChI is InChI=1S/C11H19NO3.C11H19NO2S.C9H16N2O2/c1-10(2)5-9(11(3,4)12(10)13)15-7-8-6-14-8;1-10(2)5-9(11(3,4)12(10)13)14-6-8-7-15-8;1-8(2)5-6(7(10)12)9(3,4)11(8)13/h2*5,8,13H,6-7H2,1-4H3;5,13H,1-4H3,(H2,10,12). The van der Waals surface area contributed by atoms with Crippen LogP contribution in [0.3, 0.4) is 0 Å². The molecule has 0 aromatic rings. The minimum Gasteiger partial charge on any atom is -0.495 e. The fourth-order valence-electron chi connectivity index (χ4n) is 5.70. The van der Waals surface area contributed by atoms with Gasteiger partial charge in [-0.05, 0) is 95.2 Å². The number of hydrogen-bond acceptors (Lipinski definition) is 11. The molecule has 0 aromatic carbocycles. The van der Waals surface area contributed by atoms with Crippen LogP contribution in [0, 0.1) is 0 Å². The summed E-state index contributed by atoms with van der Waals surface area (Å²) in [6.45, 7) is 25.0. The van der Waals surface area contributed by atoms with Gasteiger partial charge in [0.05, 0.1) is 39.8 Å². The number of carbonyl (C=O) groups excluding carboxylic acids is 1. The molecule has 11 nitrogen and oxygen atoms in total. The first kappa shape index (κ1) is 35.8. The van der Waals surface area contributed by atoms with E-state index in [2.05, 4.69) is 0 Å². The molecular weight excluding hydrogens is 572 g/mol. The van der Waals surface area contributed by atoms with Crippen molar-refractivity contribution < 1.29 is 34.6 Å². The van der Waals surface area contributed by atoms with Gasteiger partial charge in [0.1, 0.15) is 30.8 Å². The number of thioether (sulfide) groups is 1. The van der Waals surface area contributed by atoms with Crippen LogP contribution in [-0.2, 0) is 19.0 Å². The molecule has 12 heteroatoms. The van der Waals surface area contributed by atoms with E-state index in [1.165, 1.54) is 15.9 Å². The highest BCUT2D eigenvalue weighted by Gasteiger charge is 2.49. The molecule has 5 rings (SSSR count). The van der Waals surface area contributed by atoms with Crippen LogP contribution in [0.2, 0.25) is 0 Å². The Balaban J connectivity index is 0.000000177. The van der Waals surface area contributed by atoms with Gasteiger partial charge < -0.3 is 35.6 Å². The molecule has 0 aliphatic carbocycles. The third kappa shape index (κ3) is 7.78. The summed E-state index contributed by atoms with van der Waals surface area (Å²) < 4.78 is 16.6. The van der Waals surface area contributed by atoms with Crippen molar-refractivity contribution in [2.75, 3.05) is 25.6 Å². The largest absolute Gasteiger partial charge is 0.495 e. The quantitative estimate of drug-likeness (QED) is 0.297. The van der Waals surface area contributed by atoms with Gasteiger partial charge in [0.15, 0.2) is 0 Å². The molecule has 0 bridgehead atoms. The summed E-state index contributed by atoms with van der Waals surface area (Å²) in [5.74, 6) is 2.45. The molecule has 0 spiro atoms. The van der Waals surface area contributed by atoms with E-state index in [-0.39, 0.29) is 17.2 Å². The summed E-state index contributed by atoms with van der Waals surface area (Å²) in [7, 11) is 0. The molecule has 5 aliphatic heterocycles. The molecule has 1 amide bonds. The second kappa shape index (κ2) is 11.9. The number of primary amides is 1. The molecule has 2 fully saturated rings. The zero-order valence-corrected chi connectivity index (χ0v) is 28.8. The minimum atomic E-state index is -0.699. The zero-order valence-electron chi connectivity index (χ0n) is 28.0. The summed E-state index contributed by atoms with van der Waals surface area (Å²) >= 11 is 1.92. The van der Waals surface area contributed by atoms with Gasteiger partial charge in [-0.25, -0.2) is 0 Å². The van der Waals surface area contributed by atoms with Crippen molar-refractivity contribution in [3.05, 3.63) is 35.3 Å². The van der Waals surface area contributed by atoms with Crippen LogP contribution in [0.1, 0.15) is 83.1 Å². The molecule has 0 aromatic heterocycles. The van der Waals surface area contributed by atoms with E-state index in [4.69, 9.17) is 19.9 Å². The van der Waals surface area contributed by atoms with E-state index in [0.29, 0.717) is 17.4 Å². The molecule has 2 unspecified atom stereocenters. The molecule has 0 saturated carbocycles. The van der Waals surface area contributed by atoms with Crippen LogP contribution in [0.15, 0.2) is 35.3 Å². The number of rotatable bonds is 7. The first-order valence-corrected chi connectivity index (χ1v) is 15.9. The highest BCUT2D eigenvalue weighted by atomic mass is 32.2. The van der Waals surface area contributed by atoms with Crippen LogP contribution in [0.5, 0.6) is 0 Å². The summed E-state index contributed by atoms with van der Waals surface area (Å²) in [5.41, 5.74) is 2.85. The maximum atomic E-state index is 11.1. The van der Waals surface area contributed by atoms with Gasteiger partial charge in [0, 0.05) is 16.6 Å². The maximum absolute atomic E-state index is 11.1. The van der Waals surface area contributed by atoms with Crippen molar-refractivity contribution in [1.29, 1.82) is 0 Å². The predicted octanol–water partition coefficient (Wildman–Crippen LogP) is 4.47. The lowest BCUT2D eigenvalue weighted by Crippen LogP contribution is -2.49. The Hall–Kier alpha value is -1.64. The highest BCUT2D eigenvalue weighted by Crippen LogP contribution is 2.41. The van der Waals surface area contributed by atoms with Crippen LogP contribution in [0.4, 0.5) is 0 Å². The first-order valence-electron chi connectivity index (χ1n) is 14.8. The molecule has 43 heavy (non-hydrogen) atoms. The van der Waals surface area contributed by atoms with E-state index in [9.17, 15) is 20.4 Å². The summed E-state index contributed by atoms with van der Waals surface area (Å²) in [6.07, 6.45) is 5.93. The van der Waals surface area contributed by atoms with Crippen molar-refractivity contribution in [3.8, 4) is 0 Å². The Morgan fingerprint density at radius 3 is 1.42 bits per heavy atom. The number of hydroxylamine groups is 6. The number of epoxide rings is 1. The molecule has 0 radical (unpaired) electrons. The van der Waals surface area contributed by atoms with Crippen molar-refractivity contribution >= 4 is 17.7 Å². The SMILES string of the molecule is CC1(C)C=C(C(N)=O)C(C)(C)N1O.CC1(C)C=C(OCC2CO2)C(C)(C)N1O.CC1(C)C=C(OCC2CS2)C(C)(C)N1O. The van der Waals surface area contributed by atoms with Gasteiger partial charge in [0.2, 0.25) is 5.91 Å². The number of hydrogen-bond donors (Lipinski definition) is 4. The Bertz CT molecular complexity index is 1090. The Morgan fingerprint density at radius 1 is 0.791 bits per heavy atom. The highest BCUT2D eigenvalue weighted by molar-refractivity contribution is 8.06. The van der Waals surface area contributed by atoms with Gasteiger partial charge >= 0.3 is 0 Å². The number of carbonyl (C=O) groups is 1. The van der Waals surface area contributed by atoms with Crippen LogP contribution >= 0.6 is 11.8 Å². The minimum absolute atomic E-state index is 0.248.